The van der Waals surface area contributed by atoms with E-state index in [-0.39, 0.29) is 23.2 Å². The number of hydroxylamine groups is 1. The molecule has 7 heteroatoms. The van der Waals surface area contributed by atoms with E-state index < -0.39 is 23.5 Å². The Kier molecular flexibility index (Phi) is 6.23. The monoisotopic (exact) mass is 408 g/mol. The minimum Gasteiger partial charge on any atom is -0.288 e. The smallest absolute Gasteiger partial charge is 0.275 e. The van der Waals surface area contributed by atoms with Crippen molar-refractivity contribution in [2.75, 3.05) is 0 Å². The molecule has 2 aromatic rings. The molecule has 2 N–H and O–H groups in total. The highest BCUT2D eigenvalue weighted by atomic mass is 19.1. The van der Waals surface area contributed by atoms with Crippen molar-refractivity contribution in [2.45, 2.75) is 26.8 Å². The molecule has 0 spiro atoms. The highest BCUT2D eigenvalue weighted by Crippen LogP contribution is 2.29. The molecule has 0 aromatic heterocycles. The van der Waals surface area contributed by atoms with E-state index in [1.165, 1.54) is 18.2 Å². The summed E-state index contributed by atoms with van der Waals surface area (Å²) in [5.41, 5.74) is 3.71. The summed E-state index contributed by atoms with van der Waals surface area (Å²) >= 11 is 0. The lowest BCUT2D eigenvalue weighted by atomic mass is 9.94. The van der Waals surface area contributed by atoms with Gasteiger partial charge >= 0.3 is 0 Å². The van der Waals surface area contributed by atoms with E-state index in [9.17, 15) is 18.8 Å². The molecule has 0 fully saturated rings. The Morgan fingerprint density at radius 2 is 1.93 bits per heavy atom. The zero-order valence-electron chi connectivity index (χ0n) is 16.6. The molecule has 6 nitrogen and oxygen atoms in total. The summed E-state index contributed by atoms with van der Waals surface area (Å²) in [6.45, 7) is 3.72. The van der Waals surface area contributed by atoms with Gasteiger partial charge in [-0.2, -0.15) is 0 Å². The molecule has 1 aliphatic heterocycles. The predicted octanol–water partition coefficient (Wildman–Crippen LogP) is 4.11. The topological polar surface area (TPSA) is 86.7 Å². The Morgan fingerprint density at radius 1 is 1.17 bits per heavy atom. The minimum atomic E-state index is -0.730. The van der Waals surface area contributed by atoms with Crippen molar-refractivity contribution in [3.63, 3.8) is 0 Å². The highest BCUT2D eigenvalue weighted by Gasteiger charge is 2.37. The normalized spacial score (nSPS) is 13.9. The van der Waals surface area contributed by atoms with E-state index in [0.29, 0.717) is 17.5 Å². The van der Waals surface area contributed by atoms with E-state index in [4.69, 9.17) is 5.21 Å². The number of allylic oxidation sites excluding steroid dienone is 4. The summed E-state index contributed by atoms with van der Waals surface area (Å²) in [4.78, 5) is 38.3. The summed E-state index contributed by atoms with van der Waals surface area (Å²) in [5, 5.41) is 9.07. The number of hydrogen-bond acceptors (Lipinski definition) is 4. The number of benzene rings is 2. The van der Waals surface area contributed by atoms with Crippen molar-refractivity contribution in [3.8, 4) is 0 Å². The number of imide groups is 1. The number of nitrogens with one attached hydrogen (secondary N) is 1. The summed E-state index contributed by atoms with van der Waals surface area (Å²) < 4.78 is 14.1. The molecule has 0 unspecified atom stereocenters. The lowest BCUT2D eigenvalue weighted by molar-refractivity contribution is 0.0639. The number of nitrogens with zero attached hydrogens (tertiary/aromatic N) is 1. The summed E-state index contributed by atoms with van der Waals surface area (Å²) in [6, 6.07) is 8.78. The van der Waals surface area contributed by atoms with Gasteiger partial charge in [-0.15, -0.1) is 0 Å². The van der Waals surface area contributed by atoms with Gasteiger partial charge in [0.25, 0.3) is 17.7 Å². The predicted molar refractivity (Wildman–Crippen MR) is 109 cm³/mol. The fourth-order valence-corrected chi connectivity index (χ4v) is 3.44. The SMILES string of the molecule is C/C=C\C=C(/CC)c1cc(CN2C(=O)c3cccc(F)c3C2=O)ccc1C(=O)NO. The van der Waals surface area contributed by atoms with Crippen LogP contribution in [0, 0.1) is 5.82 Å². The quantitative estimate of drug-likeness (QED) is 0.326. The van der Waals surface area contributed by atoms with Crippen LogP contribution in [0.15, 0.2) is 54.6 Å². The Balaban J connectivity index is 2.01. The first-order chi connectivity index (χ1) is 14.4. The third kappa shape index (κ3) is 3.79. The summed E-state index contributed by atoms with van der Waals surface area (Å²) in [5.74, 6) is -2.65. The lowest BCUT2D eigenvalue weighted by Gasteiger charge is -2.17. The third-order valence-corrected chi connectivity index (χ3v) is 4.94. The number of carbonyl (C=O) groups is 3. The molecule has 2 aromatic carbocycles. The largest absolute Gasteiger partial charge is 0.288 e. The van der Waals surface area contributed by atoms with E-state index in [1.54, 1.807) is 17.6 Å². The van der Waals surface area contributed by atoms with Gasteiger partial charge in [-0.3, -0.25) is 24.5 Å². The van der Waals surface area contributed by atoms with Crippen LogP contribution < -0.4 is 5.48 Å². The van der Waals surface area contributed by atoms with Gasteiger partial charge < -0.3 is 0 Å². The van der Waals surface area contributed by atoms with Crippen LogP contribution in [-0.2, 0) is 6.54 Å². The molecule has 1 heterocycles. The van der Waals surface area contributed by atoms with Crippen LogP contribution in [0.4, 0.5) is 4.39 Å². The van der Waals surface area contributed by atoms with Crippen LogP contribution in [0.2, 0.25) is 0 Å². The van der Waals surface area contributed by atoms with Gasteiger partial charge in [0, 0.05) is 5.56 Å². The Bertz CT molecular complexity index is 1090. The molecular weight excluding hydrogens is 387 g/mol. The van der Waals surface area contributed by atoms with Crippen LogP contribution in [0.1, 0.15) is 62.5 Å². The van der Waals surface area contributed by atoms with Crippen LogP contribution in [0.5, 0.6) is 0 Å². The van der Waals surface area contributed by atoms with E-state index in [0.717, 1.165) is 16.5 Å². The Labute approximate surface area is 173 Å². The zero-order chi connectivity index (χ0) is 21.8. The molecule has 3 amide bonds. The number of amides is 3. The average molecular weight is 408 g/mol. The van der Waals surface area contributed by atoms with Gasteiger partial charge in [-0.05, 0) is 54.3 Å². The van der Waals surface area contributed by atoms with E-state index in [1.807, 2.05) is 32.1 Å². The van der Waals surface area contributed by atoms with E-state index in [2.05, 4.69) is 0 Å². The van der Waals surface area contributed by atoms with Crippen molar-refractivity contribution < 1.29 is 24.0 Å². The molecule has 0 atom stereocenters. The van der Waals surface area contributed by atoms with Gasteiger partial charge in [0.05, 0.1) is 17.7 Å². The van der Waals surface area contributed by atoms with Crippen LogP contribution in [0.3, 0.4) is 0 Å². The second kappa shape index (κ2) is 8.84. The molecule has 0 saturated carbocycles. The first-order valence-electron chi connectivity index (χ1n) is 9.47. The Morgan fingerprint density at radius 3 is 2.57 bits per heavy atom. The van der Waals surface area contributed by atoms with Gasteiger partial charge in [0.15, 0.2) is 0 Å². The molecule has 154 valence electrons. The highest BCUT2D eigenvalue weighted by molar-refractivity contribution is 6.21. The fourth-order valence-electron chi connectivity index (χ4n) is 3.44. The van der Waals surface area contributed by atoms with Crippen molar-refractivity contribution in [1.29, 1.82) is 0 Å². The molecule has 0 saturated heterocycles. The molecule has 30 heavy (non-hydrogen) atoms. The van der Waals surface area contributed by atoms with E-state index >= 15 is 0 Å². The lowest BCUT2D eigenvalue weighted by Crippen LogP contribution is -2.29. The van der Waals surface area contributed by atoms with Crippen LogP contribution in [0.25, 0.3) is 5.57 Å². The van der Waals surface area contributed by atoms with Crippen molar-refractivity contribution >= 4 is 23.3 Å². The second-order valence-corrected chi connectivity index (χ2v) is 6.75. The maximum Gasteiger partial charge on any atom is 0.275 e. The number of fused-ring (bicyclic) bond motifs is 1. The van der Waals surface area contributed by atoms with Gasteiger partial charge in [0.1, 0.15) is 5.82 Å². The first kappa shape index (κ1) is 21.1. The number of halogens is 1. The second-order valence-electron chi connectivity index (χ2n) is 6.75. The van der Waals surface area contributed by atoms with Crippen LogP contribution >= 0.6 is 0 Å². The number of rotatable bonds is 6. The number of hydrogen-bond donors (Lipinski definition) is 2. The van der Waals surface area contributed by atoms with Gasteiger partial charge in [-0.1, -0.05) is 37.3 Å². The maximum absolute atomic E-state index is 14.1. The fraction of sp³-hybridized carbons (Fsp3) is 0.174. The third-order valence-electron chi connectivity index (χ3n) is 4.94. The van der Waals surface area contributed by atoms with Crippen molar-refractivity contribution in [1.82, 2.24) is 10.4 Å². The molecule has 0 radical (unpaired) electrons. The minimum absolute atomic E-state index is 0.0405. The summed E-state index contributed by atoms with van der Waals surface area (Å²) in [6.07, 6.45) is 6.14. The molecule has 3 rings (SSSR count). The molecule has 1 aliphatic rings. The zero-order valence-corrected chi connectivity index (χ0v) is 16.6. The maximum atomic E-state index is 14.1. The van der Waals surface area contributed by atoms with Crippen molar-refractivity contribution in [3.05, 3.63) is 88.3 Å². The summed E-state index contributed by atoms with van der Waals surface area (Å²) in [7, 11) is 0. The van der Waals surface area contributed by atoms with Gasteiger partial charge in [0.2, 0.25) is 0 Å². The standard InChI is InChI=1S/C23H21FN2O4/c1-3-5-7-15(4-2)18-12-14(10-11-16(18)21(27)25-30)13-26-22(28)17-8-6-9-19(24)20(17)23(26)29/h3,5-12,30H,4,13H2,1-2H3,(H,25,27)/b5-3-,15-7+. The average Bonchev–Trinajstić information content (AvgIpc) is 2.99. The molecule has 0 aliphatic carbocycles. The van der Waals surface area contributed by atoms with Gasteiger partial charge in [-0.25, -0.2) is 9.87 Å². The Hall–Kier alpha value is -3.58. The van der Waals surface area contributed by atoms with Crippen molar-refractivity contribution in [2.24, 2.45) is 0 Å². The number of carbonyl (C=O) groups excluding carboxylic acids is 3. The van der Waals surface area contributed by atoms with Crippen LogP contribution in [-0.4, -0.2) is 27.8 Å². The molecule has 0 bridgehead atoms. The molecular formula is C23H21FN2O4. The first-order valence-corrected chi connectivity index (χ1v) is 9.47.